The predicted octanol–water partition coefficient (Wildman–Crippen LogP) is 0.733. The molecular formula is C10H12N2O2. The van der Waals surface area contributed by atoms with Gasteiger partial charge in [0.2, 0.25) is 0 Å². The third-order valence-corrected chi connectivity index (χ3v) is 2.30. The lowest BCUT2D eigenvalue weighted by atomic mass is 10.1. The van der Waals surface area contributed by atoms with Crippen molar-refractivity contribution < 1.29 is 9.53 Å². The number of nitrogens with two attached hydrogens (primary N) is 1. The Hall–Kier alpha value is -1.71. The van der Waals surface area contributed by atoms with Crippen molar-refractivity contribution in [2.45, 2.75) is 0 Å². The molecule has 0 atom stereocenters. The Bertz CT molecular complexity index is 376. The smallest absolute Gasteiger partial charge is 0.257 e. The van der Waals surface area contributed by atoms with Crippen molar-refractivity contribution in [1.82, 2.24) is 4.90 Å². The SMILES string of the molecule is CN1CCOc2c(N)cccc2C1=O. The number of hydrogen-bond donors (Lipinski definition) is 1. The van der Waals surface area contributed by atoms with Gasteiger partial charge in [0, 0.05) is 7.05 Å². The highest BCUT2D eigenvalue weighted by atomic mass is 16.5. The number of amides is 1. The average molecular weight is 192 g/mol. The first kappa shape index (κ1) is 8.87. The van der Waals surface area contributed by atoms with Crippen LogP contribution in [-0.2, 0) is 0 Å². The first-order chi connectivity index (χ1) is 6.70. The van der Waals surface area contributed by atoms with Crippen LogP contribution < -0.4 is 10.5 Å². The van der Waals surface area contributed by atoms with E-state index in [9.17, 15) is 4.79 Å². The maximum absolute atomic E-state index is 11.8. The molecule has 0 aliphatic carbocycles. The monoisotopic (exact) mass is 192 g/mol. The molecule has 0 fully saturated rings. The maximum Gasteiger partial charge on any atom is 0.257 e. The molecule has 1 aromatic carbocycles. The largest absolute Gasteiger partial charge is 0.489 e. The predicted molar refractivity (Wildman–Crippen MR) is 53.3 cm³/mol. The fourth-order valence-electron chi connectivity index (χ4n) is 1.48. The molecule has 2 N–H and O–H groups in total. The van der Waals surface area contributed by atoms with Gasteiger partial charge in [-0.25, -0.2) is 0 Å². The first-order valence-electron chi connectivity index (χ1n) is 4.47. The zero-order chi connectivity index (χ0) is 10.1. The van der Waals surface area contributed by atoms with E-state index in [1.165, 1.54) is 0 Å². The number of likely N-dealkylation sites (N-methyl/N-ethyl adjacent to an activating group) is 1. The number of benzene rings is 1. The standard InChI is InChI=1S/C10H12N2O2/c1-12-5-6-14-9-7(10(12)13)3-2-4-8(9)11/h2-4H,5-6,11H2,1H3. The van der Waals surface area contributed by atoms with Crippen LogP contribution in [-0.4, -0.2) is 31.0 Å². The fourth-order valence-corrected chi connectivity index (χ4v) is 1.48. The molecule has 0 bridgehead atoms. The van der Waals surface area contributed by atoms with Gasteiger partial charge in [0.05, 0.1) is 17.8 Å². The van der Waals surface area contributed by atoms with Crippen LogP contribution in [0.15, 0.2) is 18.2 Å². The number of para-hydroxylation sites is 1. The summed E-state index contributed by atoms with van der Waals surface area (Å²) in [6.07, 6.45) is 0. The summed E-state index contributed by atoms with van der Waals surface area (Å²) in [5.41, 5.74) is 6.79. The summed E-state index contributed by atoms with van der Waals surface area (Å²) in [6.45, 7) is 1.08. The number of hydrogen-bond acceptors (Lipinski definition) is 3. The second kappa shape index (κ2) is 3.21. The van der Waals surface area contributed by atoms with E-state index < -0.39 is 0 Å². The number of carbonyl (C=O) groups excluding carboxylic acids is 1. The molecule has 0 saturated carbocycles. The second-order valence-electron chi connectivity index (χ2n) is 3.30. The van der Waals surface area contributed by atoms with Gasteiger partial charge in [-0.05, 0) is 12.1 Å². The van der Waals surface area contributed by atoms with Gasteiger partial charge >= 0.3 is 0 Å². The normalized spacial score (nSPS) is 15.8. The molecule has 0 saturated heterocycles. The van der Waals surface area contributed by atoms with Crippen molar-refractivity contribution in [3.05, 3.63) is 23.8 Å². The van der Waals surface area contributed by atoms with Crippen LogP contribution in [0.1, 0.15) is 10.4 Å². The highest BCUT2D eigenvalue weighted by Crippen LogP contribution is 2.28. The van der Waals surface area contributed by atoms with Crippen molar-refractivity contribution in [3.8, 4) is 5.75 Å². The maximum atomic E-state index is 11.8. The Labute approximate surface area is 82.3 Å². The van der Waals surface area contributed by atoms with Crippen LogP contribution in [0.4, 0.5) is 5.69 Å². The Morgan fingerprint density at radius 1 is 1.50 bits per heavy atom. The molecule has 14 heavy (non-hydrogen) atoms. The quantitative estimate of drug-likeness (QED) is 0.616. The lowest BCUT2D eigenvalue weighted by molar-refractivity contribution is 0.0797. The summed E-state index contributed by atoms with van der Waals surface area (Å²) in [5, 5.41) is 0. The molecule has 0 spiro atoms. The molecule has 4 heteroatoms. The van der Waals surface area contributed by atoms with Crippen molar-refractivity contribution >= 4 is 11.6 Å². The Morgan fingerprint density at radius 2 is 2.29 bits per heavy atom. The number of ether oxygens (including phenoxy) is 1. The number of nitrogens with zero attached hydrogens (tertiary/aromatic N) is 1. The van der Waals surface area contributed by atoms with Crippen LogP contribution in [0.25, 0.3) is 0 Å². The molecule has 1 heterocycles. The molecule has 0 aromatic heterocycles. The van der Waals surface area contributed by atoms with Crippen molar-refractivity contribution in [2.75, 3.05) is 25.9 Å². The summed E-state index contributed by atoms with van der Waals surface area (Å²) >= 11 is 0. The summed E-state index contributed by atoms with van der Waals surface area (Å²) in [4.78, 5) is 13.4. The van der Waals surface area contributed by atoms with Gasteiger partial charge in [-0.1, -0.05) is 6.07 Å². The zero-order valence-corrected chi connectivity index (χ0v) is 7.99. The minimum atomic E-state index is -0.0372. The number of carbonyl (C=O) groups is 1. The zero-order valence-electron chi connectivity index (χ0n) is 7.99. The average Bonchev–Trinajstić information content (AvgIpc) is 2.31. The van der Waals surface area contributed by atoms with Crippen LogP contribution in [0.5, 0.6) is 5.75 Å². The van der Waals surface area contributed by atoms with Crippen LogP contribution >= 0.6 is 0 Å². The molecule has 74 valence electrons. The van der Waals surface area contributed by atoms with Gasteiger partial charge in [-0.2, -0.15) is 0 Å². The minimum absolute atomic E-state index is 0.0372. The molecule has 2 rings (SSSR count). The summed E-state index contributed by atoms with van der Waals surface area (Å²) in [5.74, 6) is 0.478. The highest BCUT2D eigenvalue weighted by Gasteiger charge is 2.21. The van der Waals surface area contributed by atoms with Crippen LogP contribution in [0.2, 0.25) is 0 Å². The minimum Gasteiger partial charge on any atom is -0.489 e. The lowest BCUT2D eigenvalue weighted by Crippen LogP contribution is -2.27. The number of anilines is 1. The molecule has 4 nitrogen and oxygen atoms in total. The van der Waals surface area contributed by atoms with Crippen molar-refractivity contribution in [2.24, 2.45) is 0 Å². The van der Waals surface area contributed by atoms with Gasteiger partial charge in [0.15, 0.2) is 5.75 Å². The van der Waals surface area contributed by atoms with Crippen LogP contribution in [0, 0.1) is 0 Å². The first-order valence-corrected chi connectivity index (χ1v) is 4.47. The fraction of sp³-hybridized carbons (Fsp3) is 0.300. The third kappa shape index (κ3) is 1.28. The molecule has 0 unspecified atom stereocenters. The van der Waals surface area contributed by atoms with E-state index in [1.54, 1.807) is 30.1 Å². The molecule has 1 aliphatic heterocycles. The third-order valence-electron chi connectivity index (χ3n) is 2.30. The second-order valence-corrected chi connectivity index (χ2v) is 3.30. The van der Waals surface area contributed by atoms with E-state index >= 15 is 0 Å². The Balaban J connectivity index is 2.53. The Morgan fingerprint density at radius 3 is 3.07 bits per heavy atom. The van der Waals surface area contributed by atoms with Gasteiger partial charge in [0.25, 0.3) is 5.91 Å². The van der Waals surface area contributed by atoms with Crippen molar-refractivity contribution in [3.63, 3.8) is 0 Å². The summed E-state index contributed by atoms with van der Waals surface area (Å²) in [6, 6.07) is 5.22. The molecule has 1 amide bonds. The Kier molecular flexibility index (Phi) is 2.04. The van der Waals surface area contributed by atoms with Gasteiger partial charge in [-0.3, -0.25) is 4.79 Å². The summed E-state index contributed by atoms with van der Waals surface area (Å²) in [7, 11) is 1.75. The van der Waals surface area contributed by atoms with Gasteiger partial charge in [0.1, 0.15) is 6.61 Å². The summed E-state index contributed by atoms with van der Waals surface area (Å²) < 4.78 is 5.43. The topological polar surface area (TPSA) is 55.6 Å². The molecule has 1 aliphatic rings. The van der Waals surface area contributed by atoms with E-state index in [2.05, 4.69) is 0 Å². The van der Waals surface area contributed by atoms with E-state index in [0.717, 1.165) is 0 Å². The molecule has 1 aromatic rings. The van der Waals surface area contributed by atoms with Gasteiger partial charge in [-0.15, -0.1) is 0 Å². The molecule has 0 radical (unpaired) electrons. The number of rotatable bonds is 0. The highest BCUT2D eigenvalue weighted by molar-refractivity contribution is 5.98. The van der Waals surface area contributed by atoms with E-state index in [0.29, 0.717) is 30.2 Å². The lowest BCUT2D eigenvalue weighted by Gasteiger charge is -2.12. The number of nitrogen functional groups attached to an aromatic ring is 1. The molecular weight excluding hydrogens is 180 g/mol. The van der Waals surface area contributed by atoms with E-state index in [1.807, 2.05) is 0 Å². The van der Waals surface area contributed by atoms with E-state index in [-0.39, 0.29) is 5.91 Å². The number of fused-ring (bicyclic) bond motifs is 1. The van der Waals surface area contributed by atoms with Crippen molar-refractivity contribution in [1.29, 1.82) is 0 Å². The van der Waals surface area contributed by atoms with Crippen LogP contribution in [0.3, 0.4) is 0 Å². The van der Waals surface area contributed by atoms with Gasteiger partial charge < -0.3 is 15.4 Å². The van der Waals surface area contributed by atoms with E-state index in [4.69, 9.17) is 10.5 Å².